The first-order valence-electron chi connectivity index (χ1n) is 11.8. The van der Waals surface area contributed by atoms with Gasteiger partial charge in [-0.15, -0.1) is 0 Å². The molecule has 31 heavy (non-hydrogen) atoms. The molecule has 1 unspecified atom stereocenters. The van der Waals surface area contributed by atoms with E-state index in [1.807, 2.05) is 40.7 Å². The second-order valence-corrected chi connectivity index (χ2v) is 16.5. The fraction of sp³-hybridized carbons (Fsp3) is 0.880. The van der Waals surface area contributed by atoms with Gasteiger partial charge in [-0.3, -0.25) is 4.79 Å². The van der Waals surface area contributed by atoms with Crippen molar-refractivity contribution in [2.24, 2.45) is 10.8 Å². The van der Waals surface area contributed by atoms with Gasteiger partial charge in [0.15, 0.2) is 14.6 Å². The summed E-state index contributed by atoms with van der Waals surface area (Å²) in [6.07, 6.45) is 4.65. The van der Waals surface area contributed by atoms with Gasteiger partial charge in [-0.1, -0.05) is 27.7 Å². The van der Waals surface area contributed by atoms with Crippen LogP contribution in [0.3, 0.4) is 0 Å². The maximum Gasteiger partial charge on any atom is 0.311 e. The lowest BCUT2D eigenvalue weighted by molar-refractivity contribution is -0.184. The number of carbonyl (C=O) groups excluding carboxylic acids is 1. The molecule has 0 N–H and O–H groups in total. The molecule has 1 aliphatic carbocycles. The van der Waals surface area contributed by atoms with E-state index >= 15 is 0 Å². The van der Waals surface area contributed by atoms with Gasteiger partial charge in [-0.25, -0.2) is 0 Å². The second kappa shape index (κ2) is 11.0. The van der Waals surface area contributed by atoms with E-state index in [2.05, 4.69) is 40.8 Å². The molecular formula is C25H48O5Si. The zero-order chi connectivity index (χ0) is 24.1. The standard InChI is InChI=1S/C25H48O5Si/c1-12-27-19(2)30-21-20(15-17-28-22(26)23(3,4)5)14-13-16-25(21,9)18-29-31(10,11)24(6,7)8/h15,19,21H,12-14,16-18H2,1-11H3/b20-15-/t19?,21-,25-/m1/s1. The van der Waals surface area contributed by atoms with Crippen LogP contribution in [0.4, 0.5) is 0 Å². The molecule has 0 bridgehead atoms. The van der Waals surface area contributed by atoms with Crippen LogP contribution >= 0.6 is 0 Å². The molecule has 0 saturated heterocycles. The van der Waals surface area contributed by atoms with Crippen LogP contribution in [0.15, 0.2) is 11.6 Å². The Morgan fingerprint density at radius 1 is 1.23 bits per heavy atom. The summed E-state index contributed by atoms with van der Waals surface area (Å²) in [5.74, 6) is -0.190. The summed E-state index contributed by atoms with van der Waals surface area (Å²) in [6, 6.07) is 0. The molecule has 1 saturated carbocycles. The molecule has 0 aliphatic heterocycles. The van der Waals surface area contributed by atoms with Gasteiger partial charge in [-0.05, 0) is 83.7 Å². The molecular weight excluding hydrogens is 408 g/mol. The van der Waals surface area contributed by atoms with Crippen LogP contribution in [-0.2, 0) is 23.4 Å². The van der Waals surface area contributed by atoms with Gasteiger partial charge in [-0.2, -0.15) is 0 Å². The van der Waals surface area contributed by atoms with Crippen molar-refractivity contribution in [3.8, 4) is 0 Å². The van der Waals surface area contributed by atoms with Gasteiger partial charge in [0.1, 0.15) is 6.61 Å². The molecule has 0 heterocycles. The Labute approximate surface area is 192 Å². The Bertz CT molecular complexity index is 614. The number of rotatable bonds is 9. The van der Waals surface area contributed by atoms with E-state index in [-0.39, 0.29) is 35.4 Å². The minimum Gasteiger partial charge on any atom is -0.461 e. The largest absolute Gasteiger partial charge is 0.461 e. The van der Waals surface area contributed by atoms with E-state index in [4.69, 9.17) is 18.6 Å². The van der Waals surface area contributed by atoms with E-state index in [1.54, 1.807) is 0 Å². The number of hydrogen-bond donors (Lipinski definition) is 0. The summed E-state index contributed by atoms with van der Waals surface area (Å²) in [6.45, 7) is 24.7. The van der Waals surface area contributed by atoms with Crippen molar-refractivity contribution in [3.63, 3.8) is 0 Å². The lowest BCUT2D eigenvalue weighted by Gasteiger charge is -2.46. The minimum absolute atomic E-state index is 0.124. The van der Waals surface area contributed by atoms with Gasteiger partial charge in [0.05, 0.1) is 11.5 Å². The maximum atomic E-state index is 12.2. The van der Waals surface area contributed by atoms with Gasteiger partial charge in [0.2, 0.25) is 0 Å². The average Bonchev–Trinajstić information content (AvgIpc) is 2.61. The topological polar surface area (TPSA) is 54.0 Å². The molecule has 0 spiro atoms. The molecule has 5 nitrogen and oxygen atoms in total. The SMILES string of the molecule is CCOC(C)O[C@@H]1/C(=C\COC(=O)C(C)(C)C)CCC[C@]1(C)CO[Si](C)(C)C(C)(C)C. The van der Waals surface area contributed by atoms with E-state index in [9.17, 15) is 4.79 Å². The molecule has 1 rings (SSSR count). The number of esters is 1. The zero-order valence-corrected chi connectivity index (χ0v) is 23.0. The summed E-state index contributed by atoms with van der Waals surface area (Å²) < 4.78 is 24.3. The van der Waals surface area contributed by atoms with Crippen molar-refractivity contribution >= 4 is 14.3 Å². The van der Waals surface area contributed by atoms with E-state index in [1.165, 1.54) is 5.57 Å². The van der Waals surface area contributed by atoms with Crippen molar-refractivity contribution in [1.29, 1.82) is 0 Å². The molecule has 0 radical (unpaired) electrons. The van der Waals surface area contributed by atoms with E-state index in [0.29, 0.717) is 13.2 Å². The number of ether oxygens (including phenoxy) is 3. The molecule has 0 aromatic rings. The highest BCUT2D eigenvalue weighted by atomic mass is 28.4. The van der Waals surface area contributed by atoms with Crippen LogP contribution < -0.4 is 0 Å². The molecule has 0 amide bonds. The Kier molecular flexibility index (Phi) is 10.0. The highest BCUT2D eigenvalue weighted by Gasteiger charge is 2.45. The molecule has 1 fully saturated rings. The summed E-state index contributed by atoms with van der Waals surface area (Å²) in [7, 11) is -1.88. The fourth-order valence-corrected chi connectivity index (χ4v) is 4.61. The average molecular weight is 457 g/mol. The first kappa shape index (κ1) is 28.3. The van der Waals surface area contributed by atoms with Crippen LogP contribution in [0.1, 0.15) is 81.6 Å². The number of carbonyl (C=O) groups is 1. The highest BCUT2D eigenvalue weighted by molar-refractivity contribution is 6.74. The van der Waals surface area contributed by atoms with E-state index in [0.717, 1.165) is 19.3 Å². The summed E-state index contributed by atoms with van der Waals surface area (Å²) in [5, 5.41) is 0.160. The van der Waals surface area contributed by atoms with Gasteiger partial charge < -0.3 is 18.6 Å². The van der Waals surface area contributed by atoms with Crippen molar-refractivity contribution in [2.75, 3.05) is 19.8 Å². The van der Waals surface area contributed by atoms with Crippen molar-refractivity contribution in [1.82, 2.24) is 0 Å². The number of hydrogen-bond acceptors (Lipinski definition) is 5. The smallest absolute Gasteiger partial charge is 0.311 e. The molecule has 6 heteroatoms. The fourth-order valence-electron chi connectivity index (χ4n) is 3.48. The lowest BCUT2D eigenvalue weighted by Crippen LogP contribution is -2.49. The van der Waals surface area contributed by atoms with Crippen LogP contribution in [0.2, 0.25) is 18.1 Å². The predicted molar refractivity (Wildman–Crippen MR) is 130 cm³/mol. The predicted octanol–water partition coefficient (Wildman–Crippen LogP) is 6.48. The lowest BCUT2D eigenvalue weighted by atomic mass is 9.71. The van der Waals surface area contributed by atoms with Gasteiger partial charge >= 0.3 is 5.97 Å². The van der Waals surface area contributed by atoms with Crippen LogP contribution in [0, 0.1) is 10.8 Å². The van der Waals surface area contributed by atoms with Crippen molar-refractivity contribution in [3.05, 3.63) is 11.6 Å². The summed E-state index contributed by atoms with van der Waals surface area (Å²) in [4.78, 5) is 12.2. The van der Waals surface area contributed by atoms with Gasteiger partial charge in [0.25, 0.3) is 0 Å². The van der Waals surface area contributed by atoms with Crippen LogP contribution in [0.25, 0.3) is 0 Å². The Morgan fingerprint density at radius 2 is 1.84 bits per heavy atom. The van der Waals surface area contributed by atoms with Crippen LogP contribution in [-0.4, -0.2) is 46.5 Å². The Morgan fingerprint density at radius 3 is 2.35 bits per heavy atom. The Hall–Kier alpha value is -0.693. The third-order valence-electron chi connectivity index (χ3n) is 6.65. The zero-order valence-electron chi connectivity index (χ0n) is 22.0. The monoisotopic (exact) mass is 456 g/mol. The summed E-state index contributed by atoms with van der Waals surface area (Å²) in [5.41, 5.74) is 0.524. The van der Waals surface area contributed by atoms with Crippen molar-refractivity contribution in [2.45, 2.75) is 112 Å². The first-order valence-corrected chi connectivity index (χ1v) is 14.7. The third-order valence-corrected chi connectivity index (χ3v) is 11.1. The highest BCUT2D eigenvalue weighted by Crippen LogP contribution is 2.44. The van der Waals surface area contributed by atoms with E-state index < -0.39 is 13.7 Å². The molecule has 0 aromatic heterocycles. The third kappa shape index (κ3) is 8.30. The first-order chi connectivity index (χ1) is 14.0. The van der Waals surface area contributed by atoms with Crippen LogP contribution in [0.5, 0.6) is 0 Å². The Balaban J connectivity index is 3.06. The molecule has 3 atom stereocenters. The normalized spacial score (nSPS) is 25.5. The molecule has 0 aromatic carbocycles. The minimum atomic E-state index is -1.88. The summed E-state index contributed by atoms with van der Waals surface area (Å²) >= 11 is 0. The molecule has 182 valence electrons. The maximum absolute atomic E-state index is 12.2. The van der Waals surface area contributed by atoms with Crippen molar-refractivity contribution < 1.29 is 23.4 Å². The van der Waals surface area contributed by atoms with Gasteiger partial charge in [0, 0.05) is 18.6 Å². The second-order valence-electron chi connectivity index (χ2n) is 11.7. The molecule has 1 aliphatic rings. The quantitative estimate of drug-likeness (QED) is 0.172.